The Morgan fingerprint density at radius 1 is 1.00 bits per heavy atom. The normalized spacial score (nSPS) is 10.9. The van der Waals surface area contributed by atoms with Gasteiger partial charge in [-0.15, -0.1) is 0 Å². The standard InChI is InChI=1S/C17H13F2NO3/c18-13-6-5-11(9-14(13)19)17(21)20-10-12(15-3-1-7-22-15)16-4-2-8-23-16/h1-9,12H,10H2,(H,20,21). The molecule has 0 unspecified atom stereocenters. The molecule has 0 radical (unpaired) electrons. The van der Waals surface area contributed by atoms with E-state index in [0.717, 1.165) is 12.1 Å². The first-order valence-corrected chi connectivity index (χ1v) is 6.95. The molecule has 0 aliphatic rings. The van der Waals surface area contributed by atoms with Gasteiger partial charge in [-0.3, -0.25) is 4.79 Å². The van der Waals surface area contributed by atoms with Gasteiger partial charge in [0.25, 0.3) is 5.91 Å². The van der Waals surface area contributed by atoms with Crippen LogP contribution in [0, 0.1) is 11.6 Å². The van der Waals surface area contributed by atoms with E-state index in [-0.39, 0.29) is 18.0 Å². The highest BCUT2D eigenvalue weighted by Gasteiger charge is 2.21. The van der Waals surface area contributed by atoms with E-state index < -0.39 is 17.5 Å². The van der Waals surface area contributed by atoms with Crippen molar-refractivity contribution in [3.8, 4) is 0 Å². The Hall–Kier alpha value is -2.89. The molecule has 0 aliphatic carbocycles. The maximum absolute atomic E-state index is 13.2. The summed E-state index contributed by atoms with van der Waals surface area (Å²) in [5, 5.41) is 2.67. The number of carbonyl (C=O) groups excluding carboxylic acids is 1. The van der Waals surface area contributed by atoms with Crippen LogP contribution in [-0.2, 0) is 0 Å². The number of furan rings is 2. The molecule has 0 saturated carbocycles. The smallest absolute Gasteiger partial charge is 0.251 e. The Balaban J connectivity index is 1.74. The predicted molar refractivity (Wildman–Crippen MR) is 78.0 cm³/mol. The fourth-order valence-electron chi connectivity index (χ4n) is 2.25. The van der Waals surface area contributed by atoms with Gasteiger partial charge in [-0.25, -0.2) is 8.78 Å². The molecule has 0 spiro atoms. The first-order chi connectivity index (χ1) is 11.1. The topological polar surface area (TPSA) is 55.4 Å². The average molecular weight is 317 g/mol. The lowest BCUT2D eigenvalue weighted by molar-refractivity contribution is 0.0950. The molecule has 0 bridgehead atoms. The molecule has 3 aromatic rings. The van der Waals surface area contributed by atoms with E-state index >= 15 is 0 Å². The molecule has 2 heterocycles. The molecule has 1 aromatic carbocycles. The third-order valence-electron chi connectivity index (χ3n) is 3.42. The molecule has 3 rings (SSSR count). The highest BCUT2D eigenvalue weighted by atomic mass is 19.2. The first-order valence-electron chi connectivity index (χ1n) is 6.95. The molecule has 0 saturated heterocycles. The summed E-state index contributed by atoms with van der Waals surface area (Å²) in [5.74, 6) is -1.62. The molecule has 23 heavy (non-hydrogen) atoms. The number of rotatable bonds is 5. The van der Waals surface area contributed by atoms with Crippen molar-refractivity contribution in [1.82, 2.24) is 5.32 Å². The molecule has 1 N–H and O–H groups in total. The summed E-state index contributed by atoms with van der Waals surface area (Å²) in [6.07, 6.45) is 3.06. The summed E-state index contributed by atoms with van der Waals surface area (Å²) in [5.41, 5.74) is 0.0431. The van der Waals surface area contributed by atoms with E-state index in [4.69, 9.17) is 8.83 Å². The summed E-state index contributed by atoms with van der Waals surface area (Å²) in [6, 6.07) is 10.0. The van der Waals surface area contributed by atoms with Crippen LogP contribution in [0.5, 0.6) is 0 Å². The van der Waals surface area contributed by atoms with Gasteiger partial charge in [0.2, 0.25) is 0 Å². The lowest BCUT2D eigenvalue weighted by atomic mass is 10.0. The molecule has 118 valence electrons. The Morgan fingerprint density at radius 2 is 1.65 bits per heavy atom. The predicted octanol–water partition coefficient (Wildman–Crippen LogP) is 3.71. The number of hydrogen-bond donors (Lipinski definition) is 1. The molecular formula is C17H13F2NO3. The minimum Gasteiger partial charge on any atom is -0.469 e. The average Bonchev–Trinajstić information content (AvgIpc) is 3.24. The second kappa shape index (κ2) is 6.48. The number of carbonyl (C=O) groups is 1. The van der Waals surface area contributed by atoms with Crippen molar-refractivity contribution in [3.05, 3.63) is 83.7 Å². The van der Waals surface area contributed by atoms with Gasteiger partial charge in [0.15, 0.2) is 11.6 Å². The number of halogens is 2. The van der Waals surface area contributed by atoms with Crippen LogP contribution in [0.2, 0.25) is 0 Å². The maximum atomic E-state index is 13.2. The molecule has 1 amide bonds. The SMILES string of the molecule is O=C(NCC(c1ccco1)c1ccco1)c1ccc(F)c(F)c1. The summed E-state index contributed by atoms with van der Waals surface area (Å²) in [4.78, 5) is 12.1. The van der Waals surface area contributed by atoms with Gasteiger partial charge in [-0.2, -0.15) is 0 Å². The zero-order valence-electron chi connectivity index (χ0n) is 12.0. The Bertz CT molecular complexity index is 748. The van der Waals surface area contributed by atoms with Crippen LogP contribution >= 0.6 is 0 Å². The van der Waals surface area contributed by atoms with Crippen molar-refractivity contribution in [2.24, 2.45) is 0 Å². The summed E-state index contributed by atoms with van der Waals surface area (Å²) < 4.78 is 36.9. The van der Waals surface area contributed by atoms with Gasteiger partial charge >= 0.3 is 0 Å². The molecule has 2 aromatic heterocycles. The lowest BCUT2D eigenvalue weighted by Crippen LogP contribution is -2.28. The van der Waals surface area contributed by atoms with E-state index in [2.05, 4.69) is 5.32 Å². The second-order valence-corrected chi connectivity index (χ2v) is 4.92. The summed E-state index contributed by atoms with van der Waals surface area (Å²) in [6.45, 7) is 0.193. The second-order valence-electron chi connectivity index (χ2n) is 4.92. The first kappa shape index (κ1) is 15.0. The van der Waals surface area contributed by atoms with Crippen molar-refractivity contribution in [3.63, 3.8) is 0 Å². The summed E-state index contributed by atoms with van der Waals surface area (Å²) >= 11 is 0. The van der Waals surface area contributed by atoms with Crippen LogP contribution in [0.4, 0.5) is 8.78 Å². The van der Waals surface area contributed by atoms with E-state index in [1.807, 2.05) is 0 Å². The highest BCUT2D eigenvalue weighted by Crippen LogP contribution is 2.25. The number of nitrogens with one attached hydrogen (secondary N) is 1. The zero-order chi connectivity index (χ0) is 16.2. The van der Waals surface area contributed by atoms with Crippen LogP contribution < -0.4 is 5.32 Å². The van der Waals surface area contributed by atoms with Gasteiger partial charge in [-0.1, -0.05) is 0 Å². The lowest BCUT2D eigenvalue weighted by Gasteiger charge is -2.13. The Labute approximate surface area is 130 Å². The van der Waals surface area contributed by atoms with Gasteiger partial charge in [0, 0.05) is 12.1 Å². The molecule has 0 fully saturated rings. The molecule has 0 atom stereocenters. The van der Waals surface area contributed by atoms with Gasteiger partial charge < -0.3 is 14.2 Å². The molecule has 4 nitrogen and oxygen atoms in total. The van der Waals surface area contributed by atoms with Crippen molar-refractivity contribution in [2.45, 2.75) is 5.92 Å². The van der Waals surface area contributed by atoms with Crippen molar-refractivity contribution < 1.29 is 22.4 Å². The fourth-order valence-corrected chi connectivity index (χ4v) is 2.25. The van der Waals surface area contributed by atoms with E-state index in [1.54, 1.807) is 24.3 Å². The van der Waals surface area contributed by atoms with E-state index in [9.17, 15) is 13.6 Å². The minimum absolute atomic E-state index is 0.0431. The van der Waals surface area contributed by atoms with Gasteiger partial charge in [0.1, 0.15) is 11.5 Å². The van der Waals surface area contributed by atoms with Crippen LogP contribution in [0.1, 0.15) is 27.8 Å². The number of benzene rings is 1. The van der Waals surface area contributed by atoms with E-state index in [1.165, 1.54) is 18.6 Å². The van der Waals surface area contributed by atoms with Crippen LogP contribution in [0.15, 0.2) is 63.8 Å². The third kappa shape index (κ3) is 3.31. The van der Waals surface area contributed by atoms with E-state index in [0.29, 0.717) is 11.5 Å². The van der Waals surface area contributed by atoms with Crippen LogP contribution in [-0.4, -0.2) is 12.5 Å². The van der Waals surface area contributed by atoms with Crippen LogP contribution in [0.3, 0.4) is 0 Å². The molecule has 0 aliphatic heterocycles. The zero-order valence-corrected chi connectivity index (χ0v) is 12.0. The van der Waals surface area contributed by atoms with Crippen molar-refractivity contribution in [1.29, 1.82) is 0 Å². The minimum atomic E-state index is -1.06. The van der Waals surface area contributed by atoms with Crippen molar-refractivity contribution in [2.75, 3.05) is 6.54 Å². The Morgan fingerprint density at radius 3 is 2.17 bits per heavy atom. The van der Waals surface area contributed by atoms with Gasteiger partial charge in [0.05, 0.1) is 18.4 Å². The molecular weight excluding hydrogens is 304 g/mol. The quantitative estimate of drug-likeness (QED) is 0.780. The fraction of sp³-hybridized carbons (Fsp3) is 0.118. The van der Waals surface area contributed by atoms with Gasteiger partial charge in [-0.05, 0) is 42.5 Å². The largest absolute Gasteiger partial charge is 0.469 e. The number of amides is 1. The van der Waals surface area contributed by atoms with Crippen molar-refractivity contribution >= 4 is 5.91 Å². The highest BCUT2D eigenvalue weighted by molar-refractivity contribution is 5.94. The monoisotopic (exact) mass is 317 g/mol. The molecule has 6 heteroatoms. The maximum Gasteiger partial charge on any atom is 0.251 e. The van der Waals surface area contributed by atoms with Crippen LogP contribution in [0.25, 0.3) is 0 Å². The summed E-state index contributed by atoms with van der Waals surface area (Å²) in [7, 11) is 0. The Kier molecular flexibility index (Phi) is 4.23. The third-order valence-corrected chi connectivity index (χ3v) is 3.42. The number of hydrogen-bond acceptors (Lipinski definition) is 3.